The first-order valence-corrected chi connectivity index (χ1v) is 3.55. The molecule has 0 amide bonds. The molecule has 1 heterocycles. The van der Waals surface area contributed by atoms with E-state index in [9.17, 15) is 15.3 Å². The van der Waals surface area contributed by atoms with Crippen molar-refractivity contribution in [2.24, 2.45) is 0 Å². The average molecular weight is 205 g/mol. The van der Waals surface area contributed by atoms with Crippen LogP contribution in [0.15, 0.2) is 12.3 Å². The Bertz CT molecular complexity index is 355. The van der Waals surface area contributed by atoms with Gasteiger partial charge in [-0.25, -0.2) is 0 Å². The molecule has 0 aliphatic carbocycles. The first kappa shape index (κ1) is 9.53. The minimum atomic E-state index is -0.690. The zero-order valence-electron chi connectivity index (χ0n) is 6.56. The second kappa shape index (κ2) is 3.44. The Balaban J connectivity index is 3.30. The number of nitrogens with zero attached hydrogens (tertiary/aromatic N) is 2. The number of nitro groups is 1. The van der Waals surface area contributed by atoms with Crippen molar-refractivity contribution in [3.05, 3.63) is 32.6 Å². The Morgan fingerprint density at radius 3 is 2.77 bits per heavy atom. The summed E-state index contributed by atoms with van der Waals surface area (Å²) in [5.74, 6) is -0.170. The van der Waals surface area contributed by atoms with Crippen molar-refractivity contribution in [2.45, 2.75) is 0 Å². The topological polar surface area (TPSA) is 79.3 Å². The number of hydrogen-bond acceptors (Lipinski definition) is 4. The van der Waals surface area contributed by atoms with Crippen LogP contribution in [0, 0.1) is 15.3 Å². The van der Waals surface area contributed by atoms with Crippen LogP contribution in [0.5, 0.6) is 5.88 Å². The van der Waals surface area contributed by atoms with E-state index in [4.69, 9.17) is 11.6 Å². The maximum Gasteiger partial charge on any atom is 0.386 e. The van der Waals surface area contributed by atoms with E-state index in [0.717, 1.165) is 12.3 Å². The zero-order valence-corrected chi connectivity index (χ0v) is 7.32. The van der Waals surface area contributed by atoms with E-state index in [1.165, 1.54) is 7.11 Å². The molecule has 0 aliphatic rings. The number of hydrogen-bond donors (Lipinski definition) is 0. The van der Waals surface area contributed by atoms with Gasteiger partial charge in [-0.1, -0.05) is 11.6 Å². The van der Waals surface area contributed by atoms with Gasteiger partial charge in [0.25, 0.3) is 0 Å². The van der Waals surface area contributed by atoms with Gasteiger partial charge in [0.05, 0.1) is 12.0 Å². The van der Waals surface area contributed by atoms with Crippen molar-refractivity contribution in [1.29, 1.82) is 0 Å². The maximum absolute atomic E-state index is 10.9. The monoisotopic (exact) mass is 204 g/mol. The molecule has 0 unspecified atom stereocenters. The second-order valence-electron chi connectivity index (χ2n) is 2.13. The third-order valence-corrected chi connectivity index (χ3v) is 1.65. The van der Waals surface area contributed by atoms with Gasteiger partial charge in [0.15, 0.2) is 5.02 Å². The van der Waals surface area contributed by atoms with Gasteiger partial charge in [0, 0.05) is 0 Å². The Morgan fingerprint density at radius 1 is 1.69 bits per heavy atom. The van der Waals surface area contributed by atoms with E-state index in [1.807, 2.05) is 0 Å². The van der Waals surface area contributed by atoms with Crippen LogP contribution < -0.4 is 9.47 Å². The van der Waals surface area contributed by atoms with Gasteiger partial charge >= 0.3 is 11.6 Å². The Labute approximate surface area is 78.0 Å². The number of rotatable bonds is 2. The van der Waals surface area contributed by atoms with Crippen molar-refractivity contribution in [1.82, 2.24) is 0 Å². The van der Waals surface area contributed by atoms with Crippen LogP contribution in [0.4, 0.5) is 5.69 Å². The van der Waals surface area contributed by atoms with Gasteiger partial charge < -0.3 is 9.94 Å². The molecule has 6 nitrogen and oxygen atoms in total. The van der Waals surface area contributed by atoms with Gasteiger partial charge in [0.2, 0.25) is 6.20 Å². The summed E-state index contributed by atoms with van der Waals surface area (Å²) < 4.78 is 4.89. The molecule has 13 heavy (non-hydrogen) atoms. The van der Waals surface area contributed by atoms with Gasteiger partial charge in [-0.3, -0.25) is 10.1 Å². The fraction of sp³-hybridized carbons (Fsp3) is 0.167. The normalized spacial score (nSPS) is 9.69. The zero-order chi connectivity index (χ0) is 10.0. The fourth-order valence-electron chi connectivity index (χ4n) is 0.771. The predicted molar refractivity (Wildman–Crippen MR) is 43.6 cm³/mol. The number of aromatic nitrogens is 1. The van der Waals surface area contributed by atoms with E-state index < -0.39 is 4.92 Å². The van der Waals surface area contributed by atoms with Crippen LogP contribution in [0.25, 0.3) is 0 Å². The fourth-order valence-corrected chi connectivity index (χ4v) is 0.983. The van der Waals surface area contributed by atoms with Crippen molar-refractivity contribution in [3.63, 3.8) is 0 Å². The molecule has 0 fully saturated rings. The van der Waals surface area contributed by atoms with Crippen LogP contribution >= 0.6 is 11.6 Å². The average Bonchev–Trinajstić information content (AvgIpc) is 2.03. The highest BCUT2D eigenvalue weighted by Gasteiger charge is 2.20. The van der Waals surface area contributed by atoms with E-state index in [-0.39, 0.29) is 16.6 Å². The summed E-state index contributed by atoms with van der Waals surface area (Å²) in [5.41, 5.74) is -0.356. The first-order chi connectivity index (χ1) is 6.06. The van der Waals surface area contributed by atoms with Crippen molar-refractivity contribution < 1.29 is 14.4 Å². The van der Waals surface area contributed by atoms with Gasteiger partial charge in [-0.05, 0) is 0 Å². The summed E-state index contributed by atoms with van der Waals surface area (Å²) in [4.78, 5) is 9.67. The molecule has 0 N–H and O–H groups in total. The van der Waals surface area contributed by atoms with Crippen molar-refractivity contribution in [2.75, 3.05) is 7.11 Å². The molecule has 0 atom stereocenters. The quantitative estimate of drug-likeness (QED) is 0.310. The molecule has 0 spiro atoms. The lowest BCUT2D eigenvalue weighted by Crippen LogP contribution is -2.28. The standard InChI is InChI=1S/C6H5ClN2O4/c1-13-6-2-5(9(11)12)4(7)3-8(6)10/h2-3H,1H3. The highest BCUT2D eigenvalue weighted by atomic mass is 35.5. The molecule has 1 aromatic rings. The van der Waals surface area contributed by atoms with Crippen LogP contribution in [0.3, 0.4) is 0 Å². The molecular weight excluding hydrogens is 200 g/mol. The largest absolute Gasteiger partial charge is 0.616 e. The minimum absolute atomic E-state index is 0.170. The summed E-state index contributed by atoms with van der Waals surface area (Å²) in [6, 6.07) is 0.968. The number of ether oxygens (including phenoxy) is 1. The van der Waals surface area contributed by atoms with Crippen LogP contribution in [-0.4, -0.2) is 12.0 Å². The second-order valence-corrected chi connectivity index (χ2v) is 2.54. The smallest absolute Gasteiger partial charge is 0.386 e. The van der Waals surface area contributed by atoms with E-state index in [2.05, 4.69) is 4.74 Å². The Kier molecular flexibility index (Phi) is 2.52. The lowest BCUT2D eigenvalue weighted by atomic mass is 10.4. The van der Waals surface area contributed by atoms with E-state index in [1.54, 1.807) is 0 Å². The molecule has 7 heteroatoms. The summed E-state index contributed by atoms with van der Waals surface area (Å²) in [5, 5.41) is 21.1. The summed E-state index contributed by atoms with van der Waals surface area (Å²) in [6.07, 6.45) is 0.874. The molecule has 0 radical (unpaired) electrons. The molecule has 0 aliphatic heterocycles. The minimum Gasteiger partial charge on any atom is -0.616 e. The SMILES string of the molecule is COc1cc([N+](=O)[O-])c(Cl)c[n+]1[O-]. The highest BCUT2D eigenvalue weighted by molar-refractivity contribution is 6.32. The third kappa shape index (κ3) is 1.78. The van der Waals surface area contributed by atoms with Gasteiger partial charge in [-0.2, -0.15) is 0 Å². The molecule has 70 valence electrons. The van der Waals surface area contributed by atoms with Gasteiger partial charge in [-0.15, -0.1) is 4.73 Å². The molecule has 0 saturated heterocycles. The number of halogens is 1. The molecule has 1 rings (SSSR count). The van der Waals surface area contributed by atoms with Gasteiger partial charge in [0.1, 0.15) is 6.07 Å². The Hall–Kier alpha value is -1.56. The molecular formula is C6H5ClN2O4. The van der Waals surface area contributed by atoms with Crippen LogP contribution in [0.1, 0.15) is 0 Å². The summed E-state index contributed by atoms with van der Waals surface area (Å²) in [7, 11) is 1.24. The first-order valence-electron chi connectivity index (χ1n) is 3.17. The highest BCUT2D eigenvalue weighted by Crippen LogP contribution is 2.24. The van der Waals surface area contributed by atoms with E-state index >= 15 is 0 Å². The van der Waals surface area contributed by atoms with Crippen LogP contribution in [-0.2, 0) is 0 Å². The maximum atomic E-state index is 10.9. The summed E-state index contributed by atoms with van der Waals surface area (Å²) >= 11 is 5.44. The molecule has 1 aromatic heterocycles. The Morgan fingerprint density at radius 2 is 2.31 bits per heavy atom. The van der Waals surface area contributed by atoms with Crippen LogP contribution in [0.2, 0.25) is 5.02 Å². The van der Waals surface area contributed by atoms with Crippen molar-refractivity contribution >= 4 is 17.3 Å². The lowest BCUT2D eigenvalue weighted by Gasteiger charge is -2.02. The number of pyridine rings is 1. The summed E-state index contributed by atoms with van der Waals surface area (Å²) in [6.45, 7) is 0. The lowest BCUT2D eigenvalue weighted by molar-refractivity contribution is -0.612. The third-order valence-electron chi connectivity index (χ3n) is 1.36. The van der Waals surface area contributed by atoms with E-state index in [0.29, 0.717) is 4.73 Å². The predicted octanol–water partition coefficient (Wildman–Crippen LogP) is 0.890. The molecule has 0 aromatic carbocycles. The van der Waals surface area contributed by atoms with Crippen molar-refractivity contribution in [3.8, 4) is 5.88 Å². The number of methoxy groups -OCH3 is 1. The molecule has 0 saturated carbocycles. The molecule has 0 bridgehead atoms.